The van der Waals surface area contributed by atoms with Gasteiger partial charge in [-0.2, -0.15) is 0 Å². The van der Waals surface area contributed by atoms with Crippen LogP contribution in [0.3, 0.4) is 0 Å². The molecule has 0 aromatic rings. The summed E-state index contributed by atoms with van der Waals surface area (Å²) in [5, 5.41) is 8.74. The standard InChI is InChI=1S/C43H76O5/c1-3-5-7-9-11-13-15-17-19-21-23-25-27-29-31-33-35-41(47-39-40-48-43(46)38-37-42(44)45)36-34-32-30-28-26-24-22-20-18-16-14-12-10-8-6-4-2/h11-14,17-20,41H,3-10,15-16,21-40H2,1-2H3,(H,44,45)/b13-11-,14-12-,19-17-,20-18-. The van der Waals surface area contributed by atoms with E-state index in [1.807, 2.05) is 0 Å². The third-order valence-corrected chi connectivity index (χ3v) is 8.70. The summed E-state index contributed by atoms with van der Waals surface area (Å²) in [6.45, 7) is 5.08. The van der Waals surface area contributed by atoms with Gasteiger partial charge in [-0.1, -0.05) is 152 Å². The van der Waals surface area contributed by atoms with Gasteiger partial charge >= 0.3 is 11.9 Å². The van der Waals surface area contributed by atoms with Crippen LogP contribution in [0.5, 0.6) is 0 Å². The van der Waals surface area contributed by atoms with Crippen LogP contribution in [0.1, 0.15) is 194 Å². The lowest BCUT2D eigenvalue weighted by Gasteiger charge is -2.18. The van der Waals surface area contributed by atoms with Crippen LogP contribution in [0.2, 0.25) is 0 Å². The van der Waals surface area contributed by atoms with Crippen molar-refractivity contribution in [3.05, 3.63) is 48.6 Å². The predicted molar refractivity (Wildman–Crippen MR) is 206 cm³/mol. The highest BCUT2D eigenvalue weighted by atomic mass is 16.6. The minimum atomic E-state index is -0.982. The Morgan fingerprint density at radius 3 is 1.31 bits per heavy atom. The summed E-state index contributed by atoms with van der Waals surface area (Å²) in [5.41, 5.74) is 0. The number of carbonyl (C=O) groups is 2. The van der Waals surface area contributed by atoms with Crippen LogP contribution >= 0.6 is 0 Å². The van der Waals surface area contributed by atoms with Crippen LogP contribution in [0.15, 0.2) is 48.6 Å². The van der Waals surface area contributed by atoms with E-state index in [2.05, 4.69) is 62.5 Å². The van der Waals surface area contributed by atoms with Gasteiger partial charge in [0.1, 0.15) is 6.61 Å². The summed E-state index contributed by atoms with van der Waals surface area (Å²) in [5.74, 6) is -1.45. The Bertz CT molecular complexity index is 764. The maximum atomic E-state index is 11.7. The molecule has 0 spiro atoms. The molecule has 0 bridgehead atoms. The third kappa shape index (κ3) is 38.3. The second kappa shape index (κ2) is 39.3. The SMILES string of the molecule is CCCCC/C=C\C/C=C\CCCCCCCCC(CCCCCCCC/C=C\C/C=C\CCCCC)OCCOC(=O)CCC(=O)O. The lowest BCUT2D eigenvalue weighted by molar-refractivity contribution is -0.149. The second-order valence-electron chi connectivity index (χ2n) is 13.4. The topological polar surface area (TPSA) is 72.8 Å². The molecule has 0 atom stereocenters. The van der Waals surface area contributed by atoms with Crippen LogP contribution in [0.4, 0.5) is 0 Å². The van der Waals surface area contributed by atoms with Gasteiger partial charge in [0.15, 0.2) is 0 Å². The van der Waals surface area contributed by atoms with Crippen molar-refractivity contribution < 1.29 is 24.2 Å². The molecule has 0 saturated heterocycles. The van der Waals surface area contributed by atoms with E-state index in [0.29, 0.717) is 6.61 Å². The van der Waals surface area contributed by atoms with Gasteiger partial charge in [-0.15, -0.1) is 0 Å². The van der Waals surface area contributed by atoms with Crippen molar-refractivity contribution in [3.8, 4) is 0 Å². The summed E-state index contributed by atoms with van der Waals surface area (Å²) < 4.78 is 11.3. The number of carbonyl (C=O) groups excluding carboxylic acids is 1. The number of aliphatic carboxylic acids is 1. The van der Waals surface area contributed by atoms with Crippen LogP contribution in [0.25, 0.3) is 0 Å². The van der Waals surface area contributed by atoms with Gasteiger partial charge in [0.05, 0.1) is 25.6 Å². The van der Waals surface area contributed by atoms with E-state index in [9.17, 15) is 9.59 Å². The predicted octanol–water partition coefficient (Wildman–Crippen LogP) is 13.2. The van der Waals surface area contributed by atoms with E-state index < -0.39 is 11.9 Å². The monoisotopic (exact) mass is 673 g/mol. The molecular weight excluding hydrogens is 596 g/mol. The third-order valence-electron chi connectivity index (χ3n) is 8.70. The normalized spacial score (nSPS) is 12.1. The fraction of sp³-hybridized carbons (Fsp3) is 0.767. The highest BCUT2D eigenvalue weighted by Crippen LogP contribution is 2.17. The second-order valence-corrected chi connectivity index (χ2v) is 13.4. The summed E-state index contributed by atoms with van der Waals surface area (Å²) in [4.78, 5) is 22.4. The Morgan fingerprint density at radius 1 is 0.500 bits per heavy atom. The number of hydrogen-bond donors (Lipinski definition) is 1. The first-order chi connectivity index (χ1) is 23.6. The van der Waals surface area contributed by atoms with Crippen molar-refractivity contribution in [2.75, 3.05) is 13.2 Å². The zero-order chi connectivity index (χ0) is 35.0. The molecule has 278 valence electrons. The van der Waals surface area contributed by atoms with Crippen LogP contribution in [-0.2, 0) is 19.1 Å². The largest absolute Gasteiger partial charge is 0.481 e. The number of rotatable bonds is 37. The molecule has 48 heavy (non-hydrogen) atoms. The van der Waals surface area contributed by atoms with Crippen LogP contribution in [0, 0.1) is 0 Å². The average molecular weight is 673 g/mol. The van der Waals surface area contributed by atoms with E-state index in [1.54, 1.807) is 0 Å². The number of hydrogen-bond acceptors (Lipinski definition) is 4. The number of unbranched alkanes of at least 4 members (excludes halogenated alkanes) is 18. The first-order valence-electron chi connectivity index (χ1n) is 20.2. The average Bonchev–Trinajstić information content (AvgIpc) is 3.08. The molecule has 0 aromatic heterocycles. The molecule has 0 heterocycles. The molecule has 1 N–H and O–H groups in total. The molecule has 0 fully saturated rings. The highest BCUT2D eigenvalue weighted by molar-refractivity contribution is 5.76. The minimum absolute atomic E-state index is 0.0849. The maximum absolute atomic E-state index is 11.7. The fourth-order valence-corrected chi connectivity index (χ4v) is 5.68. The van der Waals surface area contributed by atoms with Crippen molar-refractivity contribution in [3.63, 3.8) is 0 Å². The van der Waals surface area contributed by atoms with Crippen molar-refractivity contribution in [1.82, 2.24) is 0 Å². The minimum Gasteiger partial charge on any atom is -0.481 e. The van der Waals surface area contributed by atoms with E-state index in [0.717, 1.165) is 25.7 Å². The number of esters is 1. The van der Waals surface area contributed by atoms with Crippen molar-refractivity contribution in [1.29, 1.82) is 0 Å². The van der Waals surface area contributed by atoms with Gasteiger partial charge in [0.25, 0.3) is 0 Å². The molecule has 0 aliphatic carbocycles. The molecule has 0 radical (unpaired) electrons. The number of carboxylic acids is 1. The molecule has 0 aliphatic heterocycles. The van der Waals surface area contributed by atoms with E-state index in [1.165, 1.54) is 141 Å². The summed E-state index contributed by atoms with van der Waals surface area (Å²) in [6, 6.07) is 0. The van der Waals surface area contributed by atoms with Crippen LogP contribution < -0.4 is 0 Å². The molecule has 5 nitrogen and oxygen atoms in total. The molecule has 0 saturated carbocycles. The Balaban J connectivity index is 4.07. The van der Waals surface area contributed by atoms with Gasteiger partial charge < -0.3 is 14.6 Å². The smallest absolute Gasteiger partial charge is 0.306 e. The highest BCUT2D eigenvalue weighted by Gasteiger charge is 2.11. The Labute approximate surface area is 297 Å². The molecule has 5 heteroatoms. The maximum Gasteiger partial charge on any atom is 0.306 e. The van der Waals surface area contributed by atoms with Gasteiger partial charge in [0.2, 0.25) is 0 Å². The number of ether oxygens (including phenoxy) is 2. The molecule has 0 aromatic carbocycles. The Kier molecular flexibility index (Phi) is 37.5. The summed E-state index contributed by atoms with van der Waals surface area (Å²) in [6.07, 6.45) is 50.6. The summed E-state index contributed by atoms with van der Waals surface area (Å²) in [7, 11) is 0. The van der Waals surface area contributed by atoms with Gasteiger partial charge in [0, 0.05) is 0 Å². The first-order valence-corrected chi connectivity index (χ1v) is 20.2. The van der Waals surface area contributed by atoms with Crippen molar-refractivity contribution >= 4 is 11.9 Å². The van der Waals surface area contributed by atoms with Gasteiger partial charge in [-0.3, -0.25) is 9.59 Å². The Hall–Kier alpha value is -2.14. The zero-order valence-corrected chi connectivity index (χ0v) is 31.5. The molecule has 0 aliphatic rings. The molecular formula is C43H76O5. The van der Waals surface area contributed by atoms with Crippen LogP contribution in [-0.4, -0.2) is 36.4 Å². The van der Waals surface area contributed by atoms with Gasteiger partial charge in [-0.25, -0.2) is 0 Å². The van der Waals surface area contributed by atoms with Gasteiger partial charge in [-0.05, 0) is 77.0 Å². The van der Waals surface area contributed by atoms with E-state index in [4.69, 9.17) is 14.6 Å². The fourth-order valence-electron chi connectivity index (χ4n) is 5.68. The van der Waals surface area contributed by atoms with Crippen molar-refractivity contribution in [2.45, 2.75) is 200 Å². The Morgan fingerprint density at radius 2 is 0.896 bits per heavy atom. The zero-order valence-electron chi connectivity index (χ0n) is 31.5. The van der Waals surface area contributed by atoms with Crippen molar-refractivity contribution in [2.24, 2.45) is 0 Å². The first kappa shape index (κ1) is 45.9. The lowest BCUT2D eigenvalue weighted by atomic mass is 10.0. The van der Waals surface area contributed by atoms with E-state index >= 15 is 0 Å². The number of carboxylic acid groups (broad SMARTS) is 1. The molecule has 0 rings (SSSR count). The lowest BCUT2D eigenvalue weighted by Crippen LogP contribution is -2.18. The molecule has 0 amide bonds. The quantitative estimate of drug-likeness (QED) is 0.0404. The van der Waals surface area contributed by atoms with E-state index in [-0.39, 0.29) is 25.6 Å². The molecule has 0 unspecified atom stereocenters. The number of allylic oxidation sites excluding steroid dienone is 8. The summed E-state index contributed by atoms with van der Waals surface area (Å²) >= 11 is 0.